The third-order valence-corrected chi connectivity index (χ3v) is 5.65. The molecule has 0 bridgehead atoms. The molecule has 1 aliphatic rings. The van der Waals surface area contributed by atoms with Gasteiger partial charge in [-0.1, -0.05) is 12.5 Å². The number of nitrogens with zero attached hydrogens (tertiary/aromatic N) is 2. The van der Waals surface area contributed by atoms with E-state index in [1.54, 1.807) is 0 Å². The summed E-state index contributed by atoms with van der Waals surface area (Å²) in [5, 5.41) is 8.74. The van der Waals surface area contributed by atoms with Gasteiger partial charge in [0, 0.05) is 25.7 Å². The van der Waals surface area contributed by atoms with Gasteiger partial charge in [0.1, 0.15) is 6.54 Å². The van der Waals surface area contributed by atoms with E-state index in [0.29, 0.717) is 13.1 Å². The second-order valence-corrected chi connectivity index (χ2v) is 7.49. The summed E-state index contributed by atoms with van der Waals surface area (Å²) >= 11 is 0. The number of carbonyl (C=O) groups excluding carboxylic acids is 1. The average molecular weight is 340 g/mol. The highest BCUT2D eigenvalue weighted by molar-refractivity contribution is 7.89. The fourth-order valence-electron chi connectivity index (χ4n) is 2.54. The number of amides is 1. The van der Waals surface area contributed by atoms with Crippen molar-refractivity contribution in [2.45, 2.75) is 24.2 Å². The molecular formula is C15H20N2O5S. The van der Waals surface area contributed by atoms with Crippen LogP contribution in [0.25, 0.3) is 0 Å². The lowest BCUT2D eigenvalue weighted by Gasteiger charge is -2.26. The molecule has 1 heterocycles. The van der Waals surface area contributed by atoms with E-state index >= 15 is 0 Å². The molecule has 0 atom stereocenters. The van der Waals surface area contributed by atoms with Crippen LogP contribution in [0.5, 0.6) is 0 Å². The number of sulfonamides is 1. The van der Waals surface area contributed by atoms with Crippen molar-refractivity contribution in [2.24, 2.45) is 0 Å². The highest BCUT2D eigenvalue weighted by Gasteiger charge is 2.26. The minimum absolute atomic E-state index is 0.0639. The molecule has 1 amide bonds. The van der Waals surface area contributed by atoms with E-state index in [1.807, 2.05) is 0 Å². The number of carboxylic acids is 1. The summed E-state index contributed by atoms with van der Waals surface area (Å²) in [4.78, 5) is 24.0. The molecule has 7 nitrogen and oxygen atoms in total. The van der Waals surface area contributed by atoms with Gasteiger partial charge >= 0.3 is 5.97 Å². The lowest BCUT2D eigenvalue weighted by atomic mass is 10.2. The van der Waals surface area contributed by atoms with Crippen molar-refractivity contribution < 1.29 is 23.1 Å². The summed E-state index contributed by atoms with van der Waals surface area (Å²) in [5.41, 5.74) is 0.159. The Morgan fingerprint density at radius 1 is 1.22 bits per heavy atom. The molecule has 0 radical (unpaired) electrons. The van der Waals surface area contributed by atoms with Crippen molar-refractivity contribution in [3.63, 3.8) is 0 Å². The zero-order chi connectivity index (χ0) is 17.0. The maximum atomic E-state index is 12.6. The minimum atomic E-state index is -3.62. The standard InChI is InChI=1S/C15H20N2O5S/c1-16(11-14(18)19)15(20)12-6-5-7-13(10-12)23(21,22)17-8-3-2-4-9-17/h5-7,10H,2-4,8-9,11H2,1H3,(H,18,19). The lowest BCUT2D eigenvalue weighted by molar-refractivity contribution is -0.137. The van der Waals surface area contributed by atoms with Crippen LogP contribution in [0.3, 0.4) is 0 Å². The lowest BCUT2D eigenvalue weighted by Crippen LogP contribution is -2.36. The van der Waals surface area contributed by atoms with Gasteiger partial charge < -0.3 is 10.0 Å². The molecule has 1 fully saturated rings. The first-order valence-corrected chi connectivity index (χ1v) is 8.84. The van der Waals surface area contributed by atoms with Crippen molar-refractivity contribution in [2.75, 3.05) is 26.7 Å². The number of piperidine rings is 1. The molecule has 2 rings (SSSR count). The molecule has 0 aliphatic carbocycles. The van der Waals surface area contributed by atoms with E-state index in [9.17, 15) is 18.0 Å². The van der Waals surface area contributed by atoms with Crippen LogP contribution in [-0.2, 0) is 14.8 Å². The van der Waals surface area contributed by atoms with Crippen molar-refractivity contribution in [1.82, 2.24) is 9.21 Å². The summed E-state index contributed by atoms with van der Waals surface area (Å²) in [5.74, 6) is -1.65. The number of aliphatic carboxylic acids is 1. The summed E-state index contributed by atoms with van der Waals surface area (Å²) in [6.45, 7) is 0.529. The first-order chi connectivity index (χ1) is 10.8. The molecule has 0 aromatic heterocycles. The van der Waals surface area contributed by atoms with E-state index in [0.717, 1.165) is 24.2 Å². The molecule has 0 spiro atoms. The second kappa shape index (κ2) is 7.10. The van der Waals surface area contributed by atoms with Gasteiger partial charge in [-0.2, -0.15) is 4.31 Å². The highest BCUT2D eigenvalue weighted by Crippen LogP contribution is 2.21. The zero-order valence-corrected chi connectivity index (χ0v) is 13.8. The minimum Gasteiger partial charge on any atom is -0.480 e. The maximum absolute atomic E-state index is 12.6. The summed E-state index contributed by atoms with van der Waals surface area (Å²) in [7, 11) is -2.26. The largest absolute Gasteiger partial charge is 0.480 e. The number of hydrogen-bond donors (Lipinski definition) is 1. The Morgan fingerprint density at radius 3 is 2.48 bits per heavy atom. The summed E-state index contributed by atoms with van der Waals surface area (Å²) in [6, 6.07) is 5.75. The Labute approximate surface area is 135 Å². The van der Waals surface area contributed by atoms with Crippen LogP contribution in [0.4, 0.5) is 0 Å². The summed E-state index contributed by atoms with van der Waals surface area (Å²) in [6.07, 6.45) is 2.68. The number of hydrogen-bond acceptors (Lipinski definition) is 4. The van der Waals surface area contributed by atoms with Crippen LogP contribution in [0.15, 0.2) is 29.2 Å². The van der Waals surface area contributed by atoms with Crippen LogP contribution in [0, 0.1) is 0 Å². The predicted molar refractivity (Wildman–Crippen MR) is 83.6 cm³/mol. The first kappa shape index (κ1) is 17.4. The Morgan fingerprint density at radius 2 is 1.87 bits per heavy atom. The van der Waals surface area contributed by atoms with Crippen LogP contribution >= 0.6 is 0 Å². The Hall–Kier alpha value is -1.93. The van der Waals surface area contributed by atoms with Crippen LogP contribution in [0.1, 0.15) is 29.6 Å². The van der Waals surface area contributed by atoms with Crippen LogP contribution < -0.4 is 0 Å². The molecular weight excluding hydrogens is 320 g/mol. The molecule has 8 heteroatoms. The van der Waals surface area contributed by atoms with Crippen molar-refractivity contribution in [3.8, 4) is 0 Å². The Balaban J connectivity index is 2.25. The van der Waals surface area contributed by atoms with Gasteiger partial charge in [0.25, 0.3) is 5.91 Å². The third-order valence-electron chi connectivity index (χ3n) is 3.75. The zero-order valence-electron chi connectivity index (χ0n) is 12.9. The van der Waals surface area contributed by atoms with Gasteiger partial charge in [-0.05, 0) is 31.0 Å². The van der Waals surface area contributed by atoms with E-state index < -0.39 is 28.4 Å². The average Bonchev–Trinajstić information content (AvgIpc) is 2.54. The van der Waals surface area contributed by atoms with Gasteiger partial charge in [0.05, 0.1) is 4.90 Å². The van der Waals surface area contributed by atoms with Crippen LogP contribution in [0.2, 0.25) is 0 Å². The van der Waals surface area contributed by atoms with Gasteiger partial charge in [0.15, 0.2) is 0 Å². The fraction of sp³-hybridized carbons (Fsp3) is 0.467. The van der Waals surface area contributed by atoms with Gasteiger partial charge in [-0.15, -0.1) is 0 Å². The highest BCUT2D eigenvalue weighted by atomic mass is 32.2. The first-order valence-electron chi connectivity index (χ1n) is 7.40. The van der Waals surface area contributed by atoms with Crippen LogP contribution in [-0.4, -0.2) is 61.3 Å². The Kier molecular flexibility index (Phi) is 5.38. The number of benzene rings is 1. The molecule has 1 aliphatic heterocycles. The topological polar surface area (TPSA) is 95.0 Å². The molecule has 1 aromatic rings. The molecule has 126 valence electrons. The number of likely N-dealkylation sites (N-methyl/N-ethyl adjacent to an activating group) is 1. The molecule has 1 N–H and O–H groups in total. The fourth-order valence-corrected chi connectivity index (χ4v) is 4.10. The quantitative estimate of drug-likeness (QED) is 0.863. The third kappa shape index (κ3) is 4.08. The van der Waals surface area contributed by atoms with Gasteiger partial charge in [-0.3, -0.25) is 9.59 Å². The number of carbonyl (C=O) groups is 2. The van der Waals surface area contributed by atoms with Gasteiger partial charge in [0.2, 0.25) is 10.0 Å². The number of rotatable bonds is 5. The van der Waals surface area contributed by atoms with Crippen molar-refractivity contribution >= 4 is 21.9 Å². The smallest absolute Gasteiger partial charge is 0.323 e. The molecule has 23 heavy (non-hydrogen) atoms. The molecule has 0 saturated carbocycles. The SMILES string of the molecule is CN(CC(=O)O)C(=O)c1cccc(S(=O)(=O)N2CCCCC2)c1. The maximum Gasteiger partial charge on any atom is 0.323 e. The van der Waals surface area contributed by atoms with Gasteiger partial charge in [-0.25, -0.2) is 8.42 Å². The van der Waals surface area contributed by atoms with Crippen molar-refractivity contribution in [3.05, 3.63) is 29.8 Å². The molecule has 1 aromatic carbocycles. The van der Waals surface area contributed by atoms with E-state index in [4.69, 9.17) is 5.11 Å². The van der Waals surface area contributed by atoms with E-state index in [2.05, 4.69) is 0 Å². The Bertz CT molecular complexity index is 696. The summed E-state index contributed by atoms with van der Waals surface area (Å²) < 4.78 is 26.7. The van der Waals surface area contributed by atoms with E-state index in [1.165, 1.54) is 35.6 Å². The molecule has 1 saturated heterocycles. The van der Waals surface area contributed by atoms with E-state index in [-0.39, 0.29) is 10.5 Å². The normalized spacial score (nSPS) is 16.0. The monoisotopic (exact) mass is 340 g/mol. The van der Waals surface area contributed by atoms with Crippen molar-refractivity contribution in [1.29, 1.82) is 0 Å². The molecule has 0 unspecified atom stereocenters. The predicted octanol–water partition coefficient (Wildman–Crippen LogP) is 1.02. The second-order valence-electron chi connectivity index (χ2n) is 5.55. The number of carboxylic acid groups (broad SMARTS) is 1.